The van der Waals surface area contributed by atoms with Gasteiger partial charge < -0.3 is 9.84 Å². The normalized spacial score (nSPS) is 19.7. The van der Waals surface area contributed by atoms with E-state index in [4.69, 9.17) is 4.74 Å². The molecule has 0 aliphatic heterocycles. The van der Waals surface area contributed by atoms with Crippen LogP contribution >= 0.6 is 0 Å². The highest BCUT2D eigenvalue weighted by Gasteiger charge is 2.36. The van der Waals surface area contributed by atoms with Crippen molar-refractivity contribution in [2.75, 3.05) is 7.11 Å². The highest BCUT2D eigenvalue weighted by molar-refractivity contribution is 5.29. The Kier molecular flexibility index (Phi) is 4.65. The van der Waals surface area contributed by atoms with E-state index in [0.717, 1.165) is 5.56 Å². The Balaban J connectivity index is 2.21. The summed E-state index contributed by atoms with van der Waals surface area (Å²) in [6.45, 7) is 3.91. The van der Waals surface area contributed by atoms with Gasteiger partial charge in [0.1, 0.15) is 11.4 Å². The Hall–Kier alpha value is -1.28. The molecule has 0 spiro atoms. The predicted molar refractivity (Wildman–Crippen MR) is 77.7 cm³/mol. The molecule has 0 heterocycles. The average Bonchev–Trinajstić information content (AvgIpc) is 2.48. The molecule has 2 rings (SSSR count). The minimum absolute atomic E-state index is 0.448. The van der Waals surface area contributed by atoms with E-state index in [9.17, 15) is 5.11 Å². The number of hydrogen-bond acceptors (Lipinski definition) is 2. The van der Waals surface area contributed by atoms with Gasteiger partial charge in [-0.3, -0.25) is 0 Å². The molecular formula is C17H24O2. The Morgan fingerprint density at radius 3 is 2.47 bits per heavy atom. The van der Waals surface area contributed by atoms with Crippen LogP contribution < -0.4 is 0 Å². The van der Waals surface area contributed by atoms with E-state index in [0.29, 0.717) is 18.1 Å². The van der Waals surface area contributed by atoms with Gasteiger partial charge in [0, 0.05) is 0 Å². The summed E-state index contributed by atoms with van der Waals surface area (Å²) in [6, 6.07) is 9.76. The summed E-state index contributed by atoms with van der Waals surface area (Å²) in [5.41, 5.74) is -0.176. The minimum atomic E-state index is -1.06. The van der Waals surface area contributed by atoms with Crippen LogP contribution in [0.2, 0.25) is 0 Å². The van der Waals surface area contributed by atoms with Crippen molar-refractivity contribution in [3.8, 4) is 0 Å². The Labute approximate surface area is 116 Å². The maximum Gasteiger partial charge on any atom is 0.146 e. The second-order valence-corrected chi connectivity index (χ2v) is 5.56. The van der Waals surface area contributed by atoms with Gasteiger partial charge in [0.15, 0.2) is 0 Å². The lowest BCUT2D eigenvalue weighted by Crippen LogP contribution is -2.32. The van der Waals surface area contributed by atoms with Crippen LogP contribution in [0.5, 0.6) is 0 Å². The number of aliphatic hydroxyl groups is 1. The van der Waals surface area contributed by atoms with Crippen molar-refractivity contribution in [3.63, 3.8) is 0 Å². The van der Waals surface area contributed by atoms with Gasteiger partial charge in [-0.1, -0.05) is 69.0 Å². The zero-order valence-corrected chi connectivity index (χ0v) is 11.8. The molecule has 1 aliphatic carbocycles. The molecule has 2 nitrogen and oxygen atoms in total. The molecule has 1 fully saturated rings. The van der Waals surface area contributed by atoms with Crippen LogP contribution in [0.4, 0.5) is 0 Å². The van der Waals surface area contributed by atoms with E-state index in [1.54, 1.807) is 7.11 Å². The second kappa shape index (κ2) is 6.25. The van der Waals surface area contributed by atoms with Gasteiger partial charge in [-0.15, -0.1) is 0 Å². The average molecular weight is 260 g/mol. The number of benzene rings is 1. The quantitative estimate of drug-likeness (QED) is 0.811. The van der Waals surface area contributed by atoms with Gasteiger partial charge >= 0.3 is 0 Å². The van der Waals surface area contributed by atoms with E-state index in [1.807, 2.05) is 30.3 Å². The third-order valence-electron chi connectivity index (χ3n) is 4.27. The first-order valence-corrected chi connectivity index (χ1v) is 7.18. The number of rotatable bonds is 5. The first-order chi connectivity index (χ1) is 9.16. The van der Waals surface area contributed by atoms with Crippen LogP contribution in [-0.2, 0) is 10.3 Å². The van der Waals surface area contributed by atoms with Gasteiger partial charge in [0.05, 0.1) is 7.11 Å². The smallest absolute Gasteiger partial charge is 0.146 e. The molecule has 0 saturated heterocycles. The summed E-state index contributed by atoms with van der Waals surface area (Å²) in [5.74, 6) is 1.01. The fourth-order valence-corrected chi connectivity index (χ4v) is 3.08. The lowest BCUT2D eigenvalue weighted by Gasteiger charge is -2.34. The third-order valence-corrected chi connectivity index (χ3v) is 4.27. The zero-order valence-electron chi connectivity index (χ0n) is 11.8. The molecule has 19 heavy (non-hydrogen) atoms. The van der Waals surface area contributed by atoms with Crippen molar-refractivity contribution < 1.29 is 9.84 Å². The second-order valence-electron chi connectivity index (χ2n) is 5.56. The summed E-state index contributed by atoms with van der Waals surface area (Å²) >= 11 is 0. The third kappa shape index (κ3) is 3.19. The van der Waals surface area contributed by atoms with Crippen LogP contribution in [0.25, 0.3) is 0 Å². The molecule has 1 N–H and O–H groups in total. The fraction of sp³-hybridized carbons (Fsp3) is 0.529. The van der Waals surface area contributed by atoms with Crippen molar-refractivity contribution in [3.05, 3.63) is 48.2 Å². The van der Waals surface area contributed by atoms with Crippen LogP contribution in [-0.4, -0.2) is 12.2 Å². The van der Waals surface area contributed by atoms with Crippen molar-refractivity contribution in [1.29, 1.82) is 0 Å². The monoisotopic (exact) mass is 260 g/mol. The van der Waals surface area contributed by atoms with Crippen molar-refractivity contribution in [2.24, 2.45) is 5.92 Å². The SMILES string of the molecule is C=C(OC)C(O)(CC1CCCCC1)c1ccccc1. The van der Waals surface area contributed by atoms with Gasteiger partial charge in [0.25, 0.3) is 0 Å². The minimum Gasteiger partial charge on any atom is -0.498 e. The molecule has 1 atom stereocenters. The van der Waals surface area contributed by atoms with Crippen LogP contribution in [0.3, 0.4) is 0 Å². The number of hydrogen-bond donors (Lipinski definition) is 1. The van der Waals surface area contributed by atoms with Gasteiger partial charge in [-0.05, 0) is 17.9 Å². The molecule has 2 heteroatoms. The van der Waals surface area contributed by atoms with E-state index < -0.39 is 5.60 Å². The molecule has 1 aromatic carbocycles. The van der Waals surface area contributed by atoms with Crippen LogP contribution in [0.1, 0.15) is 44.1 Å². The Bertz CT molecular complexity index is 407. The summed E-state index contributed by atoms with van der Waals surface area (Å²) < 4.78 is 5.27. The zero-order chi connectivity index (χ0) is 13.7. The molecular weight excluding hydrogens is 236 g/mol. The molecule has 1 unspecified atom stereocenters. The lowest BCUT2D eigenvalue weighted by atomic mass is 9.77. The molecule has 0 radical (unpaired) electrons. The maximum absolute atomic E-state index is 11.1. The summed E-state index contributed by atoms with van der Waals surface area (Å²) in [6.07, 6.45) is 6.98. The maximum atomic E-state index is 11.1. The summed E-state index contributed by atoms with van der Waals surface area (Å²) in [4.78, 5) is 0. The Morgan fingerprint density at radius 2 is 1.89 bits per heavy atom. The van der Waals surface area contributed by atoms with Crippen LogP contribution in [0.15, 0.2) is 42.7 Å². The lowest BCUT2D eigenvalue weighted by molar-refractivity contribution is -0.00574. The molecule has 1 saturated carbocycles. The molecule has 0 amide bonds. The summed E-state index contributed by atoms with van der Waals surface area (Å²) in [7, 11) is 1.58. The van der Waals surface area contributed by atoms with Crippen molar-refractivity contribution in [2.45, 2.75) is 44.1 Å². The van der Waals surface area contributed by atoms with Crippen molar-refractivity contribution >= 4 is 0 Å². The topological polar surface area (TPSA) is 29.5 Å². The first kappa shape index (κ1) is 14.1. The number of methoxy groups -OCH3 is 1. The highest BCUT2D eigenvalue weighted by atomic mass is 16.5. The molecule has 1 aliphatic rings. The van der Waals surface area contributed by atoms with E-state index in [2.05, 4.69) is 6.58 Å². The van der Waals surface area contributed by atoms with Crippen LogP contribution in [0, 0.1) is 5.92 Å². The van der Waals surface area contributed by atoms with E-state index in [-0.39, 0.29) is 0 Å². The largest absolute Gasteiger partial charge is 0.498 e. The molecule has 0 aromatic heterocycles. The summed E-state index contributed by atoms with van der Waals surface area (Å²) in [5, 5.41) is 11.1. The fourth-order valence-electron chi connectivity index (χ4n) is 3.08. The standard InChI is InChI=1S/C17H24O2/c1-14(19-2)17(18,16-11-7-4-8-12-16)13-15-9-5-3-6-10-15/h4,7-8,11-12,15,18H,1,3,5-6,9-10,13H2,2H3. The number of ether oxygens (including phenoxy) is 1. The molecule has 104 valence electrons. The van der Waals surface area contributed by atoms with Crippen molar-refractivity contribution in [1.82, 2.24) is 0 Å². The van der Waals surface area contributed by atoms with E-state index >= 15 is 0 Å². The molecule has 1 aromatic rings. The molecule has 0 bridgehead atoms. The van der Waals surface area contributed by atoms with Gasteiger partial charge in [-0.2, -0.15) is 0 Å². The van der Waals surface area contributed by atoms with Gasteiger partial charge in [-0.25, -0.2) is 0 Å². The highest BCUT2D eigenvalue weighted by Crippen LogP contribution is 2.39. The predicted octanol–water partition coefficient (Wildman–Crippen LogP) is 4.00. The first-order valence-electron chi connectivity index (χ1n) is 7.18. The van der Waals surface area contributed by atoms with Gasteiger partial charge in [0.2, 0.25) is 0 Å². The van der Waals surface area contributed by atoms with E-state index in [1.165, 1.54) is 32.1 Å². The Morgan fingerprint density at radius 1 is 1.26 bits per heavy atom.